The molecule has 0 bridgehead atoms. The molecule has 0 aromatic carbocycles. The zero-order valence-corrected chi connectivity index (χ0v) is 12.9. The van der Waals surface area contributed by atoms with Crippen LogP contribution >= 0.6 is 0 Å². The van der Waals surface area contributed by atoms with Gasteiger partial charge < -0.3 is 10.1 Å². The summed E-state index contributed by atoms with van der Waals surface area (Å²) in [7, 11) is 0. The molecule has 1 aliphatic rings. The number of nitrogens with zero attached hydrogens (tertiary/aromatic N) is 3. The SMILES string of the molecule is FC(F)(F)c1cc(NCC2CCOCC2)nc(-c2cccnc2)n1. The zero-order valence-electron chi connectivity index (χ0n) is 12.9. The quantitative estimate of drug-likeness (QED) is 0.926. The average molecular weight is 338 g/mol. The first-order valence-corrected chi connectivity index (χ1v) is 7.70. The van der Waals surface area contributed by atoms with Gasteiger partial charge >= 0.3 is 6.18 Å². The fourth-order valence-electron chi connectivity index (χ4n) is 2.51. The van der Waals surface area contributed by atoms with Gasteiger partial charge in [0, 0.05) is 43.8 Å². The Hall–Kier alpha value is -2.22. The van der Waals surface area contributed by atoms with Crippen molar-refractivity contribution in [1.82, 2.24) is 15.0 Å². The molecule has 0 spiro atoms. The van der Waals surface area contributed by atoms with Gasteiger partial charge in [-0.2, -0.15) is 13.2 Å². The molecule has 2 aromatic rings. The van der Waals surface area contributed by atoms with Crippen LogP contribution in [0.5, 0.6) is 0 Å². The second-order valence-electron chi connectivity index (χ2n) is 5.64. The average Bonchev–Trinajstić information content (AvgIpc) is 2.61. The van der Waals surface area contributed by atoms with Crippen molar-refractivity contribution in [2.45, 2.75) is 19.0 Å². The second kappa shape index (κ2) is 7.12. The van der Waals surface area contributed by atoms with Crippen molar-refractivity contribution in [3.05, 3.63) is 36.3 Å². The van der Waals surface area contributed by atoms with Crippen molar-refractivity contribution in [2.24, 2.45) is 5.92 Å². The van der Waals surface area contributed by atoms with Gasteiger partial charge in [-0.25, -0.2) is 9.97 Å². The monoisotopic (exact) mass is 338 g/mol. The van der Waals surface area contributed by atoms with E-state index in [-0.39, 0.29) is 11.6 Å². The van der Waals surface area contributed by atoms with Crippen molar-refractivity contribution in [1.29, 1.82) is 0 Å². The number of hydrogen-bond acceptors (Lipinski definition) is 5. The molecular weight excluding hydrogens is 321 g/mol. The Morgan fingerprint density at radius 1 is 1.21 bits per heavy atom. The summed E-state index contributed by atoms with van der Waals surface area (Å²) in [5, 5.41) is 3.01. The number of ether oxygens (including phenoxy) is 1. The maximum atomic E-state index is 13.1. The van der Waals surface area contributed by atoms with E-state index < -0.39 is 11.9 Å². The summed E-state index contributed by atoms with van der Waals surface area (Å²) in [6, 6.07) is 4.21. The number of hydrogen-bond donors (Lipinski definition) is 1. The lowest BCUT2D eigenvalue weighted by atomic mass is 10.0. The fourth-order valence-corrected chi connectivity index (χ4v) is 2.51. The van der Waals surface area contributed by atoms with Crippen LogP contribution in [0.25, 0.3) is 11.4 Å². The van der Waals surface area contributed by atoms with Gasteiger partial charge in [0.15, 0.2) is 11.5 Å². The summed E-state index contributed by atoms with van der Waals surface area (Å²) >= 11 is 0. The van der Waals surface area contributed by atoms with Crippen LogP contribution in [-0.4, -0.2) is 34.7 Å². The minimum Gasteiger partial charge on any atom is -0.381 e. The molecule has 0 unspecified atom stereocenters. The molecule has 2 aromatic heterocycles. The lowest BCUT2D eigenvalue weighted by Gasteiger charge is -2.22. The Kier molecular flexibility index (Phi) is 4.94. The molecule has 0 saturated carbocycles. The third-order valence-corrected chi connectivity index (χ3v) is 3.85. The van der Waals surface area contributed by atoms with Crippen LogP contribution in [0.15, 0.2) is 30.6 Å². The largest absolute Gasteiger partial charge is 0.433 e. The lowest BCUT2D eigenvalue weighted by Crippen LogP contribution is -2.23. The molecule has 5 nitrogen and oxygen atoms in total. The van der Waals surface area contributed by atoms with Gasteiger partial charge in [0.05, 0.1) is 0 Å². The minimum atomic E-state index is -4.53. The summed E-state index contributed by atoms with van der Waals surface area (Å²) < 4.78 is 44.6. The Labute approximate surface area is 137 Å². The molecule has 8 heteroatoms. The number of halogens is 3. The topological polar surface area (TPSA) is 59.9 Å². The van der Waals surface area contributed by atoms with E-state index in [2.05, 4.69) is 20.3 Å². The van der Waals surface area contributed by atoms with Gasteiger partial charge in [-0.3, -0.25) is 4.98 Å². The molecule has 1 aliphatic heterocycles. The summed E-state index contributed by atoms with van der Waals surface area (Å²) in [5.41, 5.74) is -0.524. The Morgan fingerprint density at radius 2 is 2.00 bits per heavy atom. The fraction of sp³-hybridized carbons (Fsp3) is 0.438. The molecule has 3 heterocycles. The molecule has 3 rings (SSSR count). The Balaban J connectivity index is 1.84. The van der Waals surface area contributed by atoms with Crippen molar-refractivity contribution in [3.8, 4) is 11.4 Å². The van der Waals surface area contributed by atoms with Crippen molar-refractivity contribution in [3.63, 3.8) is 0 Å². The van der Waals surface area contributed by atoms with E-state index >= 15 is 0 Å². The summed E-state index contributed by atoms with van der Waals surface area (Å²) in [6.45, 7) is 1.93. The van der Waals surface area contributed by atoms with Crippen LogP contribution in [0.1, 0.15) is 18.5 Å². The normalized spacial score (nSPS) is 16.1. The van der Waals surface area contributed by atoms with Gasteiger partial charge in [0.1, 0.15) is 5.82 Å². The van der Waals surface area contributed by atoms with Gasteiger partial charge in [0.25, 0.3) is 0 Å². The Bertz CT molecular complexity index is 673. The smallest absolute Gasteiger partial charge is 0.381 e. The number of nitrogens with one attached hydrogen (secondary N) is 1. The van der Waals surface area contributed by atoms with Gasteiger partial charge in [-0.1, -0.05) is 0 Å². The highest BCUT2D eigenvalue weighted by Gasteiger charge is 2.34. The third kappa shape index (κ3) is 4.19. The summed E-state index contributed by atoms with van der Waals surface area (Å²) in [5.74, 6) is 0.542. The summed E-state index contributed by atoms with van der Waals surface area (Å²) in [4.78, 5) is 11.7. The van der Waals surface area contributed by atoms with E-state index in [1.165, 1.54) is 6.20 Å². The minimum absolute atomic E-state index is 0.00685. The van der Waals surface area contributed by atoms with E-state index in [0.717, 1.165) is 18.9 Å². The number of alkyl halides is 3. The number of aromatic nitrogens is 3. The maximum absolute atomic E-state index is 13.1. The van der Waals surface area contributed by atoms with Gasteiger partial charge in [0.2, 0.25) is 0 Å². The van der Waals surface area contributed by atoms with Crippen LogP contribution < -0.4 is 5.32 Å². The molecule has 0 amide bonds. The highest BCUT2D eigenvalue weighted by molar-refractivity contribution is 5.56. The van der Waals surface area contributed by atoms with E-state index in [9.17, 15) is 13.2 Å². The second-order valence-corrected chi connectivity index (χ2v) is 5.64. The number of rotatable bonds is 4. The van der Waals surface area contributed by atoms with Crippen molar-refractivity contribution in [2.75, 3.05) is 25.1 Å². The molecule has 1 fully saturated rings. The number of anilines is 1. The first-order valence-electron chi connectivity index (χ1n) is 7.70. The maximum Gasteiger partial charge on any atom is 0.433 e. The van der Waals surface area contributed by atoms with Crippen LogP contribution in [0.3, 0.4) is 0 Å². The molecular formula is C16H17F3N4O. The van der Waals surface area contributed by atoms with Gasteiger partial charge in [-0.15, -0.1) is 0 Å². The third-order valence-electron chi connectivity index (χ3n) is 3.85. The predicted octanol–water partition coefficient (Wildman–Crippen LogP) is 3.40. The van der Waals surface area contributed by atoms with E-state index in [4.69, 9.17) is 4.74 Å². The highest BCUT2D eigenvalue weighted by atomic mass is 19.4. The van der Waals surface area contributed by atoms with E-state index in [1.54, 1.807) is 18.3 Å². The van der Waals surface area contributed by atoms with Crippen LogP contribution in [-0.2, 0) is 10.9 Å². The molecule has 0 radical (unpaired) electrons. The first kappa shape index (κ1) is 16.6. The lowest BCUT2D eigenvalue weighted by molar-refractivity contribution is -0.141. The molecule has 128 valence electrons. The van der Waals surface area contributed by atoms with Gasteiger partial charge in [-0.05, 0) is 30.9 Å². The highest BCUT2D eigenvalue weighted by Crippen LogP contribution is 2.30. The Morgan fingerprint density at radius 3 is 2.67 bits per heavy atom. The molecule has 0 aliphatic carbocycles. The molecule has 1 saturated heterocycles. The van der Waals surface area contributed by atoms with Crippen molar-refractivity contribution < 1.29 is 17.9 Å². The van der Waals surface area contributed by atoms with Crippen LogP contribution in [0.2, 0.25) is 0 Å². The van der Waals surface area contributed by atoms with E-state index in [0.29, 0.717) is 31.2 Å². The first-order chi connectivity index (χ1) is 11.5. The van der Waals surface area contributed by atoms with Crippen LogP contribution in [0, 0.1) is 5.92 Å². The van der Waals surface area contributed by atoms with Crippen LogP contribution in [0.4, 0.5) is 19.0 Å². The number of pyridine rings is 1. The molecule has 24 heavy (non-hydrogen) atoms. The molecule has 1 N–H and O–H groups in total. The summed E-state index contributed by atoms with van der Waals surface area (Å²) in [6.07, 6.45) is 0.230. The predicted molar refractivity (Wildman–Crippen MR) is 82.3 cm³/mol. The van der Waals surface area contributed by atoms with Crippen molar-refractivity contribution >= 4 is 5.82 Å². The molecule has 0 atom stereocenters. The zero-order chi connectivity index (χ0) is 17.0. The van der Waals surface area contributed by atoms with E-state index in [1.807, 2.05) is 0 Å². The standard InChI is InChI=1S/C16H17F3N4O/c17-16(18,19)13-8-14(21-9-11-3-6-24-7-4-11)23-15(22-13)12-2-1-5-20-10-12/h1-2,5,8,10-11H,3-4,6-7,9H2,(H,21,22,23).